The van der Waals surface area contributed by atoms with Crippen molar-refractivity contribution in [2.75, 3.05) is 40.9 Å². The number of carbonyl (C=O) groups is 1. The minimum Gasteiger partial charge on any atom is -0.756 e. The fraction of sp³-hybridized carbons (Fsp3) is 0.892. The van der Waals surface area contributed by atoms with Crippen LogP contribution in [0.3, 0.4) is 0 Å². The maximum atomic E-state index is 13.0. The lowest BCUT2D eigenvalue weighted by Gasteiger charge is -2.30. The van der Waals surface area contributed by atoms with E-state index >= 15 is 0 Å². The number of hydrogen-bond acceptors (Lipinski definition) is 6. The number of unbranched alkanes of at least 4 members (excludes halogenated alkanes) is 41. The van der Waals surface area contributed by atoms with E-state index < -0.39 is 20.0 Å². The first-order valence-corrected chi connectivity index (χ1v) is 33.8. The SMILES string of the molecule is CCCCCCC/C=C\C/C=C\C/C=C\CCCCCCCCCCCCCCCCC(=O)NC(COP(=O)([O-])OCC[N+](C)(C)C)C(O)CCCCCCCCCCCCCCCCCCCCCCCCC. The summed E-state index contributed by atoms with van der Waals surface area (Å²) in [6.45, 7) is 4.76. The van der Waals surface area contributed by atoms with E-state index in [-0.39, 0.29) is 19.1 Å². The number of amides is 1. The van der Waals surface area contributed by atoms with E-state index in [1.165, 1.54) is 244 Å². The van der Waals surface area contributed by atoms with Gasteiger partial charge in [-0.15, -0.1) is 0 Å². The second-order valence-corrected chi connectivity index (χ2v) is 24.9. The van der Waals surface area contributed by atoms with Gasteiger partial charge in [0.2, 0.25) is 5.91 Å². The lowest BCUT2D eigenvalue weighted by molar-refractivity contribution is -0.870. The van der Waals surface area contributed by atoms with E-state index in [2.05, 4.69) is 55.6 Å². The van der Waals surface area contributed by atoms with E-state index in [4.69, 9.17) is 9.05 Å². The van der Waals surface area contributed by atoms with Crippen LogP contribution in [0.2, 0.25) is 0 Å². The molecular formula is C65H127N2O6P. The van der Waals surface area contributed by atoms with Crippen LogP contribution in [0.25, 0.3) is 0 Å². The quantitative estimate of drug-likeness (QED) is 0.0272. The summed E-state index contributed by atoms with van der Waals surface area (Å²) in [5, 5.41) is 14.1. The molecule has 3 unspecified atom stereocenters. The van der Waals surface area contributed by atoms with Gasteiger partial charge in [0.05, 0.1) is 39.9 Å². The molecule has 0 fully saturated rings. The van der Waals surface area contributed by atoms with Gasteiger partial charge in [-0.25, -0.2) is 0 Å². The molecular weight excluding hydrogens is 936 g/mol. The summed E-state index contributed by atoms with van der Waals surface area (Å²) in [7, 11) is 1.32. The number of aliphatic hydroxyl groups is 1. The van der Waals surface area contributed by atoms with Crippen molar-refractivity contribution >= 4 is 13.7 Å². The van der Waals surface area contributed by atoms with Gasteiger partial charge in [0.1, 0.15) is 13.2 Å². The van der Waals surface area contributed by atoms with Gasteiger partial charge in [0.25, 0.3) is 7.82 Å². The molecule has 0 bridgehead atoms. The topological polar surface area (TPSA) is 108 Å². The maximum Gasteiger partial charge on any atom is 0.268 e. The largest absolute Gasteiger partial charge is 0.756 e. The Morgan fingerprint density at radius 3 is 1.14 bits per heavy atom. The van der Waals surface area contributed by atoms with E-state index in [0.717, 1.165) is 51.4 Å². The molecule has 0 aromatic carbocycles. The molecule has 8 nitrogen and oxygen atoms in total. The molecule has 0 heterocycles. The highest BCUT2D eigenvalue weighted by Crippen LogP contribution is 2.38. The first-order chi connectivity index (χ1) is 36.0. The Kier molecular flexibility index (Phi) is 55.5. The molecule has 438 valence electrons. The third kappa shape index (κ3) is 58.4. The molecule has 74 heavy (non-hydrogen) atoms. The zero-order valence-corrected chi connectivity index (χ0v) is 51.0. The van der Waals surface area contributed by atoms with Crippen molar-refractivity contribution in [1.82, 2.24) is 5.32 Å². The fourth-order valence-electron chi connectivity index (χ4n) is 9.82. The normalized spacial score (nSPS) is 14.0. The average Bonchev–Trinajstić information content (AvgIpc) is 3.36. The van der Waals surface area contributed by atoms with Crippen LogP contribution in [0.5, 0.6) is 0 Å². The molecule has 0 aromatic rings. The predicted molar refractivity (Wildman–Crippen MR) is 321 cm³/mol. The van der Waals surface area contributed by atoms with Crippen LogP contribution in [0.4, 0.5) is 0 Å². The zero-order chi connectivity index (χ0) is 54.2. The number of rotatable bonds is 60. The van der Waals surface area contributed by atoms with Crippen LogP contribution >= 0.6 is 7.82 Å². The lowest BCUT2D eigenvalue weighted by atomic mass is 10.0. The second kappa shape index (κ2) is 56.4. The Morgan fingerprint density at radius 2 is 0.784 bits per heavy atom. The van der Waals surface area contributed by atoms with Crippen LogP contribution < -0.4 is 10.2 Å². The number of nitrogens with one attached hydrogen (secondary N) is 1. The van der Waals surface area contributed by atoms with Crippen LogP contribution in [0, 0.1) is 0 Å². The lowest BCUT2D eigenvalue weighted by Crippen LogP contribution is -2.46. The van der Waals surface area contributed by atoms with Gasteiger partial charge in [-0.1, -0.05) is 301 Å². The van der Waals surface area contributed by atoms with Crippen molar-refractivity contribution in [3.05, 3.63) is 36.5 Å². The summed E-state index contributed by atoms with van der Waals surface area (Å²) in [6.07, 6.45) is 73.3. The number of quaternary nitrogens is 1. The van der Waals surface area contributed by atoms with Gasteiger partial charge >= 0.3 is 0 Å². The van der Waals surface area contributed by atoms with Gasteiger partial charge in [-0.3, -0.25) is 9.36 Å². The first kappa shape index (κ1) is 72.7. The number of aliphatic hydroxyl groups excluding tert-OH is 1. The standard InChI is InChI=1S/C65H127N2O6P/c1-6-8-10-12-14-16-18-20-22-24-26-28-30-31-32-33-34-35-37-39-41-43-45-47-49-51-53-55-57-59-65(69)66-63(62-73-74(70,71)72-61-60-67(3,4)5)64(68)58-56-54-52-50-48-46-44-42-40-38-36-29-27-25-23-21-19-17-15-13-11-9-7-2/h18,20,24,26,30-31,63-64,68H,6-17,19,21-23,25,27-29,32-62H2,1-5H3,(H-,66,69,70,71)/b20-18-,26-24-,31-30-. The minimum atomic E-state index is -4.58. The van der Waals surface area contributed by atoms with Crippen molar-refractivity contribution < 1.29 is 32.9 Å². The predicted octanol–water partition coefficient (Wildman–Crippen LogP) is 19.5. The van der Waals surface area contributed by atoms with Crippen molar-refractivity contribution in [3.63, 3.8) is 0 Å². The Hall–Kier alpha value is -1.28. The molecule has 0 saturated heterocycles. The van der Waals surface area contributed by atoms with Crippen molar-refractivity contribution in [2.24, 2.45) is 0 Å². The van der Waals surface area contributed by atoms with Crippen molar-refractivity contribution in [3.8, 4) is 0 Å². The Labute approximate surface area is 461 Å². The molecule has 2 N–H and O–H groups in total. The molecule has 0 rings (SSSR count). The third-order valence-corrected chi connectivity index (χ3v) is 15.8. The van der Waals surface area contributed by atoms with Gasteiger partial charge in [0.15, 0.2) is 0 Å². The Balaban J connectivity index is 4.08. The molecule has 3 atom stereocenters. The highest BCUT2D eigenvalue weighted by Gasteiger charge is 2.24. The van der Waals surface area contributed by atoms with Crippen molar-refractivity contribution in [2.45, 2.75) is 334 Å². The molecule has 0 aliphatic heterocycles. The molecule has 9 heteroatoms. The summed E-state index contributed by atoms with van der Waals surface area (Å²) in [5.74, 6) is -0.161. The van der Waals surface area contributed by atoms with Gasteiger partial charge in [0, 0.05) is 6.42 Å². The highest BCUT2D eigenvalue weighted by molar-refractivity contribution is 7.45. The molecule has 0 spiro atoms. The fourth-order valence-corrected chi connectivity index (χ4v) is 10.5. The van der Waals surface area contributed by atoms with E-state index in [0.29, 0.717) is 23.9 Å². The number of phosphoric ester groups is 1. The zero-order valence-electron chi connectivity index (χ0n) is 50.1. The first-order valence-electron chi connectivity index (χ1n) is 32.3. The summed E-state index contributed by atoms with van der Waals surface area (Å²) >= 11 is 0. The molecule has 0 aliphatic rings. The number of hydrogen-bond donors (Lipinski definition) is 2. The van der Waals surface area contributed by atoms with Crippen LogP contribution in [-0.4, -0.2) is 68.5 Å². The smallest absolute Gasteiger partial charge is 0.268 e. The van der Waals surface area contributed by atoms with E-state index in [1.54, 1.807) is 0 Å². The number of nitrogens with zero attached hydrogens (tertiary/aromatic N) is 1. The molecule has 1 amide bonds. The van der Waals surface area contributed by atoms with Gasteiger partial charge in [-0.05, 0) is 51.4 Å². The summed E-state index contributed by atoms with van der Waals surface area (Å²) in [6, 6.07) is -0.802. The minimum absolute atomic E-state index is 0.0131. The summed E-state index contributed by atoms with van der Waals surface area (Å²) in [4.78, 5) is 25.6. The van der Waals surface area contributed by atoms with Gasteiger partial charge < -0.3 is 28.8 Å². The monoisotopic (exact) mass is 1060 g/mol. The molecule has 0 radical (unpaired) electrons. The van der Waals surface area contributed by atoms with Crippen LogP contribution in [0.1, 0.15) is 322 Å². The van der Waals surface area contributed by atoms with Crippen LogP contribution in [0.15, 0.2) is 36.5 Å². The molecule has 0 saturated carbocycles. The van der Waals surface area contributed by atoms with E-state index in [1.807, 2.05) is 21.1 Å². The highest BCUT2D eigenvalue weighted by atomic mass is 31.2. The van der Waals surface area contributed by atoms with Gasteiger partial charge in [-0.2, -0.15) is 0 Å². The van der Waals surface area contributed by atoms with Crippen molar-refractivity contribution in [1.29, 1.82) is 0 Å². The molecule has 0 aromatic heterocycles. The van der Waals surface area contributed by atoms with E-state index in [9.17, 15) is 19.4 Å². The van der Waals surface area contributed by atoms with Crippen LogP contribution in [-0.2, 0) is 18.4 Å². The number of allylic oxidation sites excluding steroid dienone is 6. The average molecular weight is 1060 g/mol. The second-order valence-electron chi connectivity index (χ2n) is 23.5. The number of phosphoric acid groups is 1. The number of carbonyl (C=O) groups excluding carboxylic acids is 1. The molecule has 0 aliphatic carbocycles. The maximum absolute atomic E-state index is 13.0. The summed E-state index contributed by atoms with van der Waals surface area (Å²) < 4.78 is 23.5. The Bertz CT molecular complexity index is 1300. The Morgan fingerprint density at radius 1 is 0.473 bits per heavy atom. The number of likely N-dealkylation sites (N-methyl/N-ethyl adjacent to an activating group) is 1. The summed E-state index contributed by atoms with van der Waals surface area (Å²) in [5.41, 5.74) is 0. The third-order valence-electron chi connectivity index (χ3n) is 14.9.